The molecular weight excluding hydrogens is 346 g/mol. The van der Waals surface area contributed by atoms with E-state index >= 15 is 0 Å². The van der Waals surface area contributed by atoms with Crippen molar-refractivity contribution >= 4 is 28.8 Å². The Labute approximate surface area is 161 Å². The van der Waals surface area contributed by atoms with Crippen molar-refractivity contribution in [2.75, 3.05) is 5.32 Å². The molecule has 26 heavy (non-hydrogen) atoms. The molecule has 0 unspecified atom stereocenters. The Hall–Kier alpha value is -1.33. The van der Waals surface area contributed by atoms with Gasteiger partial charge in [0.25, 0.3) is 0 Å². The van der Waals surface area contributed by atoms with E-state index in [1.54, 1.807) is 0 Å². The van der Waals surface area contributed by atoms with Gasteiger partial charge in [-0.2, -0.15) is 0 Å². The average Bonchev–Trinajstić information content (AvgIpc) is 2.62. The van der Waals surface area contributed by atoms with Crippen LogP contribution in [0.15, 0.2) is 24.3 Å². The third-order valence-electron chi connectivity index (χ3n) is 5.15. The van der Waals surface area contributed by atoms with E-state index in [2.05, 4.69) is 19.2 Å². The molecule has 0 bridgehead atoms. The van der Waals surface area contributed by atoms with Gasteiger partial charge in [-0.1, -0.05) is 51.3 Å². The van der Waals surface area contributed by atoms with Crippen LogP contribution in [0, 0.1) is 11.3 Å². The van der Waals surface area contributed by atoms with Gasteiger partial charge in [-0.25, -0.2) is 0 Å². The van der Waals surface area contributed by atoms with Gasteiger partial charge in [-0.15, -0.1) is 0 Å². The van der Waals surface area contributed by atoms with Crippen LogP contribution in [0.25, 0.3) is 0 Å². The highest BCUT2D eigenvalue weighted by Crippen LogP contribution is 2.42. The highest BCUT2D eigenvalue weighted by Gasteiger charge is 2.39. The van der Waals surface area contributed by atoms with E-state index in [1.165, 1.54) is 13.3 Å². The first kappa shape index (κ1) is 21.0. The van der Waals surface area contributed by atoms with Crippen LogP contribution in [0.1, 0.15) is 71.3 Å². The second-order valence-electron chi connectivity index (χ2n) is 7.72. The predicted octanol–water partition coefficient (Wildman–Crippen LogP) is 5.72. The molecule has 1 aromatic rings. The molecule has 1 aromatic carbocycles. The molecule has 0 aromatic heterocycles. The second-order valence-corrected chi connectivity index (χ2v) is 8.70. The van der Waals surface area contributed by atoms with Gasteiger partial charge in [-0.05, 0) is 37.7 Å². The van der Waals surface area contributed by atoms with Crippen molar-refractivity contribution in [2.24, 2.45) is 11.3 Å². The maximum atomic E-state index is 13.2. The van der Waals surface area contributed by atoms with Crippen molar-refractivity contribution in [3.63, 3.8) is 0 Å². The van der Waals surface area contributed by atoms with E-state index in [0.29, 0.717) is 12.5 Å². The molecule has 1 aliphatic carbocycles. The van der Waals surface area contributed by atoms with Crippen LogP contribution in [0.4, 0.5) is 5.69 Å². The summed E-state index contributed by atoms with van der Waals surface area (Å²) in [7, 11) is 0. The van der Waals surface area contributed by atoms with Gasteiger partial charge in [0.15, 0.2) is 0 Å². The first-order chi connectivity index (χ1) is 12.4. The molecule has 0 aliphatic heterocycles. The van der Waals surface area contributed by atoms with Crippen molar-refractivity contribution in [1.29, 1.82) is 0 Å². The van der Waals surface area contributed by atoms with Gasteiger partial charge in [0, 0.05) is 23.6 Å². The average molecular weight is 378 g/mol. The van der Waals surface area contributed by atoms with E-state index in [1.807, 2.05) is 24.3 Å². The number of hydrogen-bond donors (Lipinski definition) is 1. The van der Waals surface area contributed by atoms with Gasteiger partial charge in [0.05, 0.1) is 18.6 Å². The minimum absolute atomic E-state index is 0.0821. The maximum absolute atomic E-state index is 13.2. The Morgan fingerprint density at radius 3 is 2.54 bits per heavy atom. The minimum atomic E-state index is -0.245. The van der Waals surface area contributed by atoms with E-state index in [9.17, 15) is 9.59 Å². The SMILES string of the molecule is CC(=O)SOCc1ccccc1NC(=O)C1(CCC(C)C)CCCCC1. The molecule has 1 amide bonds. The molecule has 0 atom stereocenters. The first-order valence-electron chi connectivity index (χ1n) is 9.62. The zero-order valence-electron chi connectivity index (χ0n) is 16.2. The molecule has 1 N–H and O–H groups in total. The highest BCUT2D eigenvalue weighted by molar-refractivity contribution is 8.09. The molecule has 0 radical (unpaired) electrons. The summed E-state index contributed by atoms with van der Waals surface area (Å²) in [6, 6.07) is 7.67. The molecule has 5 heteroatoms. The Morgan fingerprint density at radius 1 is 1.19 bits per heavy atom. The summed E-state index contributed by atoms with van der Waals surface area (Å²) in [5, 5.41) is 3.09. The number of carbonyl (C=O) groups is 2. The fourth-order valence-electron chi connectivity index (χ4n) is 3.58. The molecular formula is C21H31NO3S. The standard InChI is InChI=1S/C21H31NO3S/c1-16(2)11-14-21(12-7-4-8-13-21)20(24)22-19-10-6-5-9-18(19)15-25-26-17(3)23/h5-6,9-10,16H,4,7-8,11-15H2,1-3H3,(H,22,24). The van der Waals surface area contributed by atoms with Crippen molar-refractivity contribution < 1.29 is 13.8 Å². The number of carbonyl (C=O) groups excluding carboxylic acids is 2. The van der Waals surface area contributed by atoms with Crippen LogP contribution in [0.2, 0.25) is 0 Å². The van der Waals surface area contributed by atoms with Gasteiger partial charge in [-0.3, -0.25) is 9.59 Å². The number of nitrogens with one attached hydrogen (secondary N) is 1. The number of para-hydroxylation sites is 1. The van der Waals surface area contributed by atoms with E-state index < -0.39 is 0 Å². The van der Waals surface area contributed by atoms with Crippen LogP contribution in [-0.4, -0.2) is 11.0 Å². The Kier molecular flexibility index (Phi) is 8.16. The largest absolute Gasteiger partial charge is 0.325 e. The number of rotatable bonds is 8. The molecule has 144 valence electrons. The minimum Gasteiger partial charge on any atom is -0.325 e. The highest BCUT2D eigenvalue weighted by atomic mass is 32.2. The molecule has 1 aliphatic rings. The summed E-state index contributed by atoms with van der Waals surface area (Å²) in [4.78, 5) is 24.3. The first-order valence-corrected chi connectivity index (χ1v) is 10.4. The third-order valence-corrected chi connectivity index (χ3v) is 5.62. The maximum Gasteiger partial charge on any atom is 0.230 e. The topological polar surface area (TPSA) is 55.4 Å². The van der Waals surface area contributed by atoms with E-state index in [0.717, 1.165) is 61.8 Å². The van der Waals surface area contributed by atoms with Gasteiger partial charge in [0.1, 0.15) is 0 Å². The zero-order valence-corrected chi connectivity index (χ0v) is 17.0. The summed E-state index contributed by atoms with van der Waals surface area (Å²) < 4.78 is 5.37. The molecule has 4 nitrogen and oxygen atoms in total. The predicted molar refractivity (Wildman–Crippen MR) is 108 cm³/mol. The quantitative estimate of drug-likeness (QED) is 0.588. The monoisotopic (exact) mass is 377 g/mol. The fourth-order valence-corrected chi connectivity index (χ4v) is 3.93. The lowest BCUT2D eigenvalue weighted by molar-refractivity contribution is -0.128. The number of anilines is 1. The van der Waals surface area contributed by atoms with E-state index in [-0.39, 0.29) is 16.4 Å². The molecule has 1 fully saturated rings. The lowest BCUT2D eigenvalue weighted by Crippen LogP contribution is -2.38. The number of amides is 1. The summed E-state index contributed by atoms with van der Waals surface area (Å²) in [6.07, 6.45) is 7.47. The normalized spacial score (nSPS) is 16.5. The van der Waals surface area contributed by atoms with Crippen LogP contribution in [-0.2, 0) is 20.4 Å². The lowest BCUT2D eigenvalue weighted by Gasteiger charge is -2.36. The van der Waals surface area contributed by atoms with Crippen molar-refractivity contribution in [3.05, 3.63) is 29.8 Å². The lowest BCUT2D eigenvalue weighted by atomic mass is 9.69. The van der Waals surface area contributed by atoms with Gasteiger partial charge < -0.3 is 9.50 Å². The van der Waals surface area contributed by atoms with Crippen LogP contribution < -0.4 is 5.32 Å². The molecule has 2 rings (SSSR count). The summed E-state index contributed by atoms with van der Waals surface area (Å²) in [5.41, 5.74) is 1.44. The fraction of sp³-hybridized carbons (Fsp3) is 0.619. The Bertz CT molecular complexity index is 609. The van der Waals surface area contributed by atoms with Crippen LogP contribution >= 0.6 is 12.0 Å². The summed E-state index contributed by atoms with van der Waals surface area (Å²) in [6.45, 7) is 6.20. The van der Waals surface area contributed by atoms with E-state index in [4.69, 9.17) is 4.18 Å². The second kappa shape index (κ2) is 10.1. The van der Waals surface area contributed by atoms with Crippen molar-refractivity contribution in [3.8, 4) is 0 Å². The molecule has 0 spiro atoms. The van der Waals surface area contributed by atoms with Crippen LogP contribution in [0.3, 0.4) is 0 Å². The smallest absolute Gasteiger partial charge is 0.230 e. The van der Waals surface area contributed by atoms with Crippen LogP contribution in [0.5, 0.6) is 0 Å². The molecule has 0 saturated heterocycles. The van der Waals surface area contributed by atoms with Gasteiger partial charge in [0.2, 0.25) is 11.0 Å². The molecule has 0 heterocycles. The Morgan fingerprint density at radius 2 is 1.88 bits per heavy atom. The van der Waals surface area contributed by atoms with Crippen molar-refractivity contribution in [1.82, 2.24) is 0 Å². The third kappa shape index (κ3) is 6.13. The van der Waals surface area contributed by atoms with Gasteiger partial charge >= 0.3 is 0 Å². The number of benzene rings is 1. The summed E-state index contributed by atoms with van der Waals surface area (Å²) >= 11 is 0.841. The Balaban J connectivity index is 2.09. The summed E-state index contributed by atoms with van der Waals surface area (Å²) in [5.74, 6) is 0.746. The zero-order chi connectivity index (χ0) is 19.0. The number of hydrogen-bond acceptors (Lipinski definition) is 4. The molecule has 1 saturated carbocycles. The van der Waals surface area contributed by atoms with Crippen molar-refractivity contribution in [2.45, 2.75) is 72.3 Å².